The van der Waals surface area contributed by atoms with Crippen molar-refractivity contribution >= 4 is 44.7 Å². The van der Waals surface area contributed by atoms with Crippen molar-refractivity contribution in [1.82, 2.24) is 0 Å². The van der Waals surface area contributed by atoms with Crippen molar-refractivity contribution in [3.63, 3.8) is 0 Å². The lowest BCUT2D eigenvalue weighted by Crippen LogP contribution is -2.28. The number of hydrogen-bond donors (Lipinski definition) is 1. The Hall–Kier alpha value is -1.72. The number of amides is 1. The summed E-state index contributed by atoms with van der Waals surface area (Å²) in [6, 6.07) is 15.1. The Morgan fingerprint density at radius 3 is 2.52 bits per heavy atom. The van der Waals surface area contributed by atoms with Gasteiger partial charge in [-0.25, -0.2) is 0 Å². The maximum absolute atomic E-state index is 12.3. The van der Waals surface area contributed by atoms with Crippen LogP contribution in [-0.2, 0) is 11.2 Å². The van der Waals surface area contributed by atoms with Crippen LogP contribution in [0.4, 0.5) is 5.69 Å². The third kappa shape index (κ3) is 4.12. The van der Waals surface area contributed by atoms with E-state index in [1.807, 2.05) is 48.5 Å². The molecule has 2 rings (SSSR count). The Morgan fingerprint density at radius 1 is 1.24 bits per heavy atom. The maximum Gasteiger partial charge on any atom is 0.231 e. The molecule has 0 aliphatic carbocycles. The Balaban J connectivity index is 2.13. The molecular formula is C16H15BrN2OS. The van der Waals surface area contributed by atoms with E-state index in [1.165, 1.54) is 0 Å². The van der Waals surface area contributed by atoms with E-state index in [0.29, 0.717) is 11.4 Å². The van der Waals surface area contributed by atoms with Crippen LogP contribution in [0.25, 0.3) is 0 Å². The standard InChI is InChI=1S/C16H15BrN2OS/c1-19(14-4-2-3-12(10-14)16(18)21)15(20)9-11-5-7-13(17)8-6-11/h2-8,10H,9H2,1H3,(H2,18,21). The Labute approximate surface area is 137 Å². The maximum atomic E-state index is 12.3. The molecule has 0 heterocycles. The largest absolute Gasteiger partial charge is 0.389 e. The number of benzene rings is 2. The molecule has 2 aromatic rings. The zero-order valence-electron chi connectivity index (χ0n) is 11.5. The second-order valence-electron chi connectivity index (χ2n) is 4.67. The van der Waals surface area contributed by atoms with Gasteiger partial charge >= 0.3 is 0 Å². The molecule has 0 saturated heterocycles. The van der Waals surface area contributed by atoms with Crippen LogP contribution in [0.2, 0.25) is 0 Å². The van der Waals surface area contributed by atoms with Crippen LogP contribution in [0.15, 0.2) is 53.0 Å². The molecule has 0 radical (unpaired) electrons. The van der Waals surface area contributed by atoms with Gasteiger partial charge in [0.1, 0.15) is 4.99 Å². The van der Waals surface area contributed by atoms with Gasteiger partial charge in [0.2, 0.25) is 5.91 Å². The average Bonchev–Trinajstić information content (AvgIpc) is 2.49. The number of likely N-dealkylation sites (N-methyl/N-ethyl adjacent to an activating group) is 1. The molecule has 0 aliphatic rings. The SMILES string of the molecule is CN(C(=O)Cc1ccc(Br)cc1)c1cccc(C(N)=S)c1. The summed E-state index contributed by atoms with van der Waals surface area (Å²) in [6.07, 6.45) is 0.348. The second-order valence-corrected chi connectivity index (χ2v) is 6.03. The lowest BCUT2D eigenvalue weighted by atomic mass is 10.1. The molecule has 0 aromatic heterocycles. The van der Waals surface area contributed by atoms with E-state index in [1.54, 1.807) is 11.9 Å². The van der Waals surface area contributed by atoms with Gasteiger partial charge in [0.25, 0.3) is 0 Å². The molecule has 2 aromatic carbocycles. The quantitative estimate of drug-likeness (QED) is 0.848. The van der Waals surface area contributed by atoms with Crippen molar-refractivity contribution < 1.29 is 4.79 Å². The summed E-state index contributed by atoms with van der Waals surface area (Å²) in [6.45, 7) is 0. The van der Waals surface area contributed by atoms with E-state index >= 15 is 0 Å². The third-order valence-corrected chi connectivity index (χ3v) is 3.93. The number of rotatable bonds is 4. The molecule has 1 amide bonds. The fraction of sp³-hybridized carbons (Fsp3) is 0.125. The van der Waals surface area contributed by atoms with Gasteiger partial charge in [0.05, 0.1) is 6.42 Å². The van der Waals surface area contributed by atoms with Crippen LogP contribution in [-0.4, -0.2) is 17.9 Å². The first kappa shape index (κ1) is 15.7. The van der Waals surface area contributed by atoms with Gasteiger partial charge in [-0.2, -0.15) is 0 Å². The summed E-state index contributed by atoms with van der Waals surface area (Å²) in [5, 5.41) is 0. The van der Waals surface area contributed by atoms with Gasteiger partial charge in [0.15, 0.2) is 0 Å². The monoisotopic (exact) mass is 362 g/mol. The van der Waals surface area contributed by atoms with Gasteiger partial charge in [0, 0.05) is 22.8 Å². The van der Waals surface area contributed by atoms with Crippen LogP contribution in [0.5, 0.6) is 0 Å². The number of hydrogen-bond acceptors (Lipinski definition) is 2. The number of nitrogens with zero attached hydrogens (tertiary/aromatic N) is 1. The molecule has 0 bridgehead atoms. The summed E-state index contributed by atoms with van der Waals surface area (Å²) < 4.78 is 0.996. The predicted molar refractivity (Wildman–Crippen MR) is 93.6 cm³/mol. The van der Waals surface area contributed by atoms with Crippen molar-refractivity contribution in [2.75, 3.05) is 11.9 Å². The lowest BCUT2D eigenvalue weighted by molar-refractivity contribution is -0.117. The highest BCUT2D eigenvalue weighted by atomic mass is 79.9. The minimum Gasteiger partial charge on any atom is -0.389 e. The number of anilines is 1. The zero-order valence-corrected chi connectivity index (χ0v) is 13.9. The number of nitrogens with two attached hydrogens (primary N) is 1. The highest BCUT2D eigenvalue weighted by Gasteiger charge is 2.12. The van der Waals surface area contributed by atoms with Crippen LogP contribution in [0.1, 0.15) is 11.1 Å². The summed E-state index contributed by atoms with van der Waals surface area (Å²) in [4.78, 5) is 14.3. The smallest absolute Gasteiger partial charge is 0.231 e. The highest BCUT2D eigenvalue weighted by molar-refractivity contribution is 9.10. The Morgan fingerprint density at radius 2 is 1.90 bits per heavy atom. The first-order valence-corrected chi connectivity index (χ1v) is 7.58. The fourth-order valence-electron chi connectivity index (χ4n) is 1.91. The summed E-state index contributed by atoms with van der Waals surface area (Å²) in [5.41, 5.74) is 8.13. The molecular weight excluding hydrogens is 348 g/mol. The average molecular weight is 363 g/mol. The summed E-state index contributed by atoms with van der Waals surface area (Å²) in [5.74, 6) is 0.0115. The third-order valence-electron chi connectivity index (χ3n) is 3.16. The van der Waals surface area contributed by atoms with Gasteiger partial charge < -0.3 is 10.6 Å². The molecule has 0 fully saturated rings. The molecule has 0 atom stereocenters. The number of thiocarbonyl (C=S) groups is 1. The van der Waals surface area contributed by atoms with E-state index in [2.05, 4.69) is 15.9 Å². The highest BCUT2D eigenvalue weighted by Crippen LogP contribution is 2.17. The van der Waals surface area contributed by atoms with E-state index in [-0.39, 0.29) is 5.91 Å². The van der Waals surface area contributed by atoms with Crippen molar-refractivity contribution in [3.05, 3.63) is 64.1 Å². The van der Waals surface area contributed by atoms with Gasteiger partial charge in [-0.05, 0) is 29.8 Å². The van der Waals surface area contributed by atoms with Crippen LogP contribution >= 0.6 is 28.1 Å². The number of carbonyl (C=O) groups is 1. The minimum atomic E-state index is 0.0115. The predicted octanol–water partition coefficient (Wildman–Crippen LogP) is 3.29. The molecule has 108 valence electrons. The number of halogens is 1. The van der Waals surface area contributed by atoms with Crippen molar-refractivity contribution in [2.24, 2.45) is 5.73 Å². The molecule has 21 heavy (non-hydrogen) atoms. The zero-order chi connectivity index (χ0) is 15.4. The van der Waals surface area contributed by atoms with E-state index in [0.717, 1.165) is 21.3 Å². The van der Waals surface area contributed by atoms with E-state index < -0.39 is 0 Å². The van der Waals surface area contributed by atoms with Crippen molar-refractivity contribution in [1.29, 1.82) is 0 Å². The summed E-state index contributed by atoms with van der Waals surface area (Å²) in [7, 11) is 1.75. The van der Waals surface area contributed by atoms with Crippen molar-refractivity contribution in [3.8, 4) is 0 Å². The lowest BCUT2D eigenvalue weighted by Gasteiger charge is -2.18. The van der Waals surface area contributed by atoms with Gasteiger partial charge in [-0.1, -0.05) is 52.4 Å². The second kappa shape index (κ2) is 6.83. The molecule has 2 N–H and O–H groups in total. The Kier molecular flexibility index (Phi) is 5.09. The topological polar surface area (TPSA) is 46.3 Å². The number of carbonyl (C=O) groups excluding carboxylic acids is 1. The van der Waals surface area contributed by atoms with Crippen LogP contribution < -0.4 is 10.6 Å². The molecule has 0 saturated carbocycles. The molecule has 0 spiro atoms. The van der Waals surface area contributed by atoms with Gasteiger partial charge in [-0.15, -0.1) is 0 Å². The fourth-order valence-corrected chi connectivity index (χ4v) is 2.30. The van der Waals surface area contributed by atoms with E-state index in [4.69, 9.17) is 18.0 Å². The molecule has 3 nitrogen and oxygen atoms in total. The minimum absolute atomic E-state index is 0.0115. The van der Waals surface area contributed by atoms with Crippen LogP contribution in [0.3, 0.4) is 0 Å². The van der Waals surface area contributed by atoms with Crippen molar-refractivity contribution in [2.45, 2.75) is 6.42 Å². The normalized spacial score (nSPS) is 10.2. The Bertz CT molecular complexity index is 670. The van der Waals surface area contributed by atoms with Gasteiger partial charge in [-0.3, -0.25) is 4.79 Å². The summed E-state index contributed by atoms with van der Waals surface area (Å²) >= 11 is 8.34. The first-order valence-electron chi connectivity index (χ1n) is 6.38. The molecule has 0 aliphatic heterocycles. The molecule has 5 heteroatoms. The first-order chi connectivity index (χ1) is 9.97. The molecule has 0 unspecified atom stereocenters. The van der Waals surface area contributed by atoms with E-state index in [9.17, 15) is 4.79 Å². The van der Waals surface area contributed by atoms with Crippen LogP contribution in [0, 0.1) is 0 Å².